The first-order valence-corrected chi connectivity index (χ1v) is 15.9. The van der Waals surface area contributed by atoms with Crippen LogP contribution in [0.3, 0.4) is 0 Å². The third kappa shape index (κ3) is 21.5. The molecule has 4 unspecified atom stereocenters. The molecule has 0 saturated carbocycles. The molecule has 7 rings (SSSR count). The summed E-state index contributed by atoms with van der Waals surface area (Å²) in [5.41, 5.74) is 0. The summed E-state index contributed by atoms with van der Waals surface area (Å²) in [4.78, 5) is 4.67. The van der Waals surface area contributed by atoms with Gasteiger partial charge in [0.05, 0.1) is 25.4 Å². The molecule has 7 fully saturated rings. The predicted molar refractivity (Wildman–Crippen MR) is 162 cm³/mol. The Morgan fingerprint density at radius 3 is 1.11 bits per heavy atom. The first kappa shape index (κ1) is 35.7. The van der Waals surface area contributed by atoms with Gasteiger partial charge in [0.25, 0.3) is 0 Å². The third-order valence-electron chi connectivity index (χ3n) is 7.68. The quantitative estimate of drug-likeness (QED) is 0.456. The minimum Gasteiger partial charge on any atom is -0.381 e. The van der Waals surface area contributed by atoms with Crippen LogP contribution in [0, 0.1) is 5.92 Å². The summed E-state index contributed by atoms with van der Waals surface area (Å²) < 4.78 is 14.9. The van der Waals surface area contributed by atoms with E-state index < -0.39 is 0 Å². The molecule has 0 aliphatic carbocycles. The summed E-state index contributed by atoms with van der Waals surface area (Å²) in [6.45, 7) is 22.5. The lowest BCUT2D eigenvalue weighted by atomic mass is 10.1. The van der Waals surface area contributed by atoms with Gasteiger partial charge in [-0.1, -0.05) is 6.92 Å². The first-order chi connectivity index (χ1) is 18.3. The molecular formula is C31H66N4O3. The number of nitrogens with one attached hydrogen (secondary N) is 2. The zero-order valence-electron chi connectivity index (χ0n) is 26.4. The van der Waals surface area contributed by atoms with E-state index in [0.29, 0.717) is 12.2 Å². The standard InChI is InChI=1S/2C5H11N.C5H10O.2C4H9N.2C4H8O/c1-6-4-2-3-5-6;2*1-5-3-2-4-6-5;1-5-3-2-4-5;1-4-2-3-5-4;1-4-2-5-3-4;1-4-2-3-5-4/h2-5H2,1H3;5-6H,2-4H2,1H3;5H,2-4H2,1H3;2-4H2,1H3;4-5H,2-3H2,1H3;2*4H,2-3H2,1H3. The molecule has 0 spiro atoms. The molecule has 0 aromatic heterocycles. The van der Waals surface area contributed by atoms with Crippen molar-refractivity contribution >= 4 is 0 Å². The van der Waals surface area contributed by atoms with Crippen molar-refractivity contribution in [3.05, 3.63) is 0 Å². The second-order valence-electron chi connectivity index (χ2n) is 12.2. The zero-order chi connectivity index (χ0) is 28.0. The molecule has 0 radical (unpaired) electrons. The van der Waals surface area contributed by atoms with E-state index in [1.54, 1.807) is 0 Å². The van der Waals surface area contributed by atoms with Gasteiger partial charge in [0.15, 0.2) is 0 Å². The van der Waals surface area contributed by atoms with Crippen molar-refractivity contribution in [3.63, 3.8) is 0 Å². The van der Waals surface area contributed by atoms with Crippen molar-refractivity contribution in [2.45, 2.75) is 117 Å². The van der Waals surface area contributed by atoms with Crippen LogP contribution >= 0.6 is 0 Å². The molecule has 7 aliphatic rings. The highest BCUT2D eigenvalue weighted by Crippen LogP contribution is 2.09. The molecule has 38 heavy (non-hydrogen) atoms. The van der Waals surface area contributed by atoms with Gasteiger partial charge in [-0.3, -0.25) is 0 Å². The molecule has 0 aromatic carbocycles. The van der Waals surface area contributed by atoms with Gasteiger partial charge in [0, 0.05) is 31.2 Å². The molecule has 7 saturated heterocycles. The smallest absolute Gasteiger partial charge is 0.0568 e. The lowest BCUT2D eigenvalue weighted by Crippen LogP contribution is -2.39. The predicted octanol–water partition coefficient (Wildman–Crippen LogP) is 4.79. The van der Waals surface area contributed by atoms with Crippen LogP contribution in [0.15, 0.2) is 0 Å². The highest BCUT2D eigenvalue weighted by Gasteiger charge is 2.11. The fraction of sp³-hybridized carbons (Fsp3) is 1.00. The molecule has 0 aromatic rings. The van der Waals surface area contributed by atoms with Crippen molar-refractivity contribution in [1.29, 1.82) is 0 Å². The Balaban J connectivity index is 0.000000222. The number of hydrogen-bond donors (Lipinski definition) is 2. The SMILES string of the molecule is CC1CCCN1.CC1CCCO1.CC1CCN1.CC1CCO1.CC1COC1.CN1CCC1.CN1CCCC1. The van der Waals surface area contributed by atoms with Gasteiger partial charge in [0.2, 0.25) is 0 Å². The van der Waals surface area contributed by atoms with Crippen LogP contribution in [0.5, 0.6) is 0 Å². The third-order valence-corrected chi connectivity index (χ3v) is 7.68. The Morgan fingerprint density at radius 1 is 0.553 bits per heavy atom. The van der Waals surface area contributed by atoms with E-state index in [4.69, 9.17) is 14.2 Å². The van der Waals surface area contributed by atoms with E-state index in [1.165, 1.54) is 97.1 Å². The van der Waals surface area contributed by atoms with E-state index in [9.17, 15) is 0 Å². The van der Waals surface area contributed by atoms with E-state index in [0.717, 1.165) is 44.4 Å². The number of rotatable bonds is 0. The summed E-state index contributed by atoms with van der Waals surface area (Å²) in [5, 5.41) is 6.53. The molecule has 7 nitrogen and oxygen atoms in total. The molecule has 7 aliphatic heterocycles. The lowest BCUT2D eigenvalue weighted by molar-refractivity contribution is -0.0375. The second kappa shape index (κ2) is 23.4. The van der Waals surface area contributed by atoms with Crippen LogP contribution in [0.4, 0.5) is 0 Å². The average molecular weight is 543 g/mol. The molecular weight excluding hydrogens is 476 g/mol. The van der Waals surface area contributed by atoms with Crippen LogP contribution in [0.1, 0.15) is 92.4 Å². The molecule has 4 atom stereocenters. The van der Waals surface area contributed by atoms with Crippen molar-refractivity contribution < 1.29 is 14.2 Å². The van der Waals surface area contributed by atoms with Crippen LogP contribution in [0.2, 0.25) is 0 Å². The fourth-order valence-corrected chi connectivity index (χ4v) is 4.09. The molecule has 2 N–H and O–H groups in total. The summed E-state index contributed by atoms with van der Waals surface area (Å²) in [6.07, 6.45) is 13.3. The summed E-state index contributed by atoms with van der Waals surface area (Å²) >= 11 is 0. The van der Waals surface area contributed by atoms with Gasteiger partial charge in [-0.05, 0) is 139 Å². The average Bonchev–Trinajstić information content (AvgIpc) is 3.62. The molecule has 228 valence electrons. The Morgan fingerprint density at radius 2 is 1.03 bits per heavy atom. The normalized spacial score (nSPS) is 31.3. The van der Waals surface area contributed by atoms with Gasteiger partial charge >= 0.3 is 0 Å². The largest absolute Gasteiger partial charge is 0.381 e. The molecule has 0 amide bonds. The van der Waals surface area contributed by atoms with Crippen LogP contribution in [0.25, 0.3) is 0 Å². The number of likely N-dealkylation sites (tertiary alicyclic amines) is 2. The number of nitrogens with zero attached hydrogens (tertiary/aromatic N) is 2. The highest BCUT2D eigenvalue weighted by molar-refractivity contribution is 4.70. The fourth-order valence-electron chi connectivity index (χ4n) is 4.09. The van der Waals surface area contributed by atoms with E-state index >= 15 is 0 Å². The van der Waals surface area contributed by atoms with E-state index in [1.807, 2.05) is 0 Å². The summed E-state index contributed by atoms with van der Waals surface area (Å²) in [7, 11) is 4.32. The number of ether oxygens (including phenoxy) is 3. The van der Waals surface area contributed by atoms with E-state index in [-0.39, 0.29) is 0 Å². The summed E-state index contributed by atoms with van der Waals surface area (Å²) in [5.74, 6) is 0.843. The van der Waals surface area contributed by atoms with Crippen molar-refractivity contribution in [3.8, 4) is 0 Å². The van der Waals surface area contributed by atoms with Gasteiger partial charge in [-0.2, -0.15) is 0 Å². The van der Waals surface area contributed by atoms with Crippen molar-refractivity contribution in [2.75, 3.05) is 79.8 Å². The molecule has 7 heterocycles. The first-order valence-electron chi connectivity index (χ1n) is 15.9. The zero-order valence-corrected chi connectivity index (χ0v) is 26.4. The van der Waals surface area contributed by atoms with Gasteiger partial charge in [-0.25, -0.2) is 0 Å². The molecule has 7 heteroatoms. The van der Waals surface area contributed by atoms with Crippen LogP contribution in [-0.2, 0) is 14.2 Å². The van der Waals surface area contributed by atoms with Crippen LogP contribution in [-0.4, -0.2) is 114 Å². The Labute approximate surface area is 237 Å². The van der Waals surface area contributed by atoms with Crippen LogP contribution < -0.4 is 10.6 Å². The Bertz CT molecular complexity index is 412. The maximum Gasteiger partial charge on any atom is 0.0568 e. The van der Waals surface area contributed by atoms with E-state index in [2.05, 4.69) is 69.1 Å². The highest BCUT2D eigenvalue weighted by atomic mass is 16.5. The summed E-state index contributed by atoms with van der Waals surface area (Å²) in [6, 6.07) is 1.61. The van der Waals surface area contributed by atoms with Crippen molar-refractivity contribution in [2.24, 2.45) is 5.92 Å². The lowest BCUT2D eigenvalue weighted by Gasteiger charge is -2.24. The second-order valence-corrected chi connectivity index (χ2v) is 12.2. The minimum atomic E-state index is 0.546. The Hall–Kier alpha value is -0.280. The number of hydrogen-bond acceptors (Lipinski definition) is 7. The Kier molecular flexibility index (Phi) is 22.0. The van der Waals surface area contributed by atoms with Gasteiger partial charge in [-0.15, -0.1) is 0 Å². The maximum absolute atomic E-state index is 5.15. The van der Waals surface area contributed by atoms with Gasteiger partial charge in [0.1, 0.15) is 0 Å². The monoisotopic (exact) mass is 543 g/mol. The molecule has 0 bridgehead atoms. The van der Waals surface area contributed by atoms with Crippen molar-refractivity contribution in [1.82, 2.24) is 20.4 Å². The minimum absolute atomic E-state index is 0.546. The van der Waals surface area contributed by atoms with Gasteiger partial charge < -0.3 is 34.6 Å². The topological polar surface area (TPSA) is 58.2 Å². The maximum atomic E-state index is 5.15.